The van der Waals surface area contributed by atoms with E-state index in [1.165, 1.54) is 5.56 Å². The molecule has 0 amide bonds. The van der Waals surface area contributed by atoms with E-state index < -0.39 is 0 Å². The normalized spacial score (nSPS) is 11.0. The first-order valence-corrected chi connectivity index (χ1v) is 6.16. The van der Waals surface area contributed by atoms with E-state index in [0.29, 0.717) is 6.42 Å². The van der Waals surface area contributed by atoms with Crippen LogP contribution in [0.3, 0.4) is 0 Å². The fraction of sp³-hybridized carbons (Fsp3) is 0.312. The lowest BCUT2D eigenvalue weighted by Crippen LogP contribution is -1.80. The van der Waals surface area contributed by atoms with Crippen molar-refractivity contribution >= 4 is 0 Å². The van der Waals surface area contributed by atoms with Crippen molar-refractivity contribution in [1.82, 2.24) is 0 Å². The first kappa shape index (κ1) is 13.3. The fourth-order valence-corrected chi connectivity index (χ4v) is 1.54. The van der Waals surface area contributed by atoms with Crippen molar-refractivity contribution in [1.29, 1.82) is 5.26 Å². The first-order valence-electron chi connectivity index (χ1n) is 6.16. The molecule has 1 nitrogen and oxygen atoms in total. The molecule has 0 bridgehead atoms. The van der Waals surface area contributed by atoms with Gasteiger partial charge in [0.25, 0.3) is 0 Å². The molecule has 1 rings (SSSR count). The summed E-state index contributed by atoms with van der Waals surface area (Å²) >= 11 is 0. The predicted molar refractivity (Wildman–Crippen MR) is 72.5 cm³/mol. The van der Waals surface area contributed by atoms with Crippen LogP contribution in [-0.2, 0) is 6.42 Å². The highest BCUT2D eigenvalue weighted by Crippen LogP contribution is 2.03. The molecule has 0 aliphatic carbocycles. The molecule has 17 heavy (non-hydrogen) atoms. The molecule has 0 atom stereocenters. The molecule has 0 N–H and O–H groups in total. The molecule has 0 aromatic heterocycles. The van der Waals surface area contributed by atoms with Gasteiger partial charge in [0.1, 0.15) is 0 Å². The number of rotatable bonds is 7. The Morgan fingerprint density at radius 2 is 1.71 bits per heavy atom. The summed E-state index contributed by atoms with van der Waals surface area (Å²) in [5.74, 6) is 0. The van der Waals surface area contributed by atoms with E-state index in [9.17, 15) is 0 Å². The van der Waals surface area contributed by atoms with Crippen molar-refractivity contribution in [2.24, 2.45) is 0 Å². The smallest absolute Gasteiger partial charge is 0.0621 e. The zero-order valence-electron chi connectivity index (χ0n) is 10.2. The van der Waals surface area contributed by atoms with Gasteiger partial charge in [-0.15, -0.1) is 0 Å². The van der Waals surface area contributed by atoms with E-state index in [2.05, 4.69) is 54.6 Å². The minimum atomic E-state index is 0.655. The van der Waals surface area contributed by atoms with Crippen molar-refractivity contribution in [3.63, 3.8) is 0 Å². The van der Waals surface area contributed by atoms with Crippen molar-refractivity contribution in [3.05, 3.63) is 60.2 Å². The Labute approximate surface area is 104 Å². The third-order valence-corrected chi connectivity index (χ3v) is 2.49. The van der Waals surface area contributed by atoms with Gasteiger partial charge in [0.05, 0.1) is 6.07 Å². The van der Waals surface area contributed by atoms with Gasteiger partial charge >= 0.3 is 0 Å². The second kappa shape index (κ2) is 9.42. The summed E-state index contributed by atoms with van der Waals surface area (Å²) in [6.45, 7) is 0. The molecule has 0 saturated heterocycles. The summed E-state index contributed by atoms with van der Waals surface area (Å²) in [4.78, 5) is 0. The monoisotopic (exact) mass is 225 g/mol. The van der Waals surface area contributed by atoms with Crippen LogP contribution in [-0.4, -0.2) is 0 Å². The molecule has 88 valence electrons. The maximum Gasteiger partial charge on any atom is 0.0621 e. The van der Waals surface area contributed by atoms with E-state index in [1.54, 1.807) is 0 Å². The van der Waals surface area contributed by atoms with E-state index in [1.807, 2.05) is 6.07 Å². The van der Waals surface area contributed by atoms with E-state index in [-0.39, 0.29) is 0 Å². The maximum absolute atomic E-state index is 8.36. The van der Waals surface area contributed by atoms with Gasteiger partial charge in [-0.1, -0.05) is 54.6 Å². The molecule has 0 fully saturated rings. The average Bonchev–Trinajstić information content (AvgIpc) is 2.38. The lowest BCUT2D eigenvalue weighted by molar-refractivity contribution is 0.876. The zero-order valence-corrected chi connectivity index (χ0v) is 10.2. The minimum Gasteiger partial charge on any atom is -0.198 e. The van der Waals surface area contributed by atoms with Gasteiger partial charge in [-0.05, 0) is 31.2 Å². The highest BCUT2D eigenvalue weighted by Gasteiger charge is 1.87. The van der Waals surface area contributed by atoms with Gasteiger partial charge in [0, 0.05) is 6.42 Å². The highest BCUT2D eigenvalue weighted by atomic mass is 14.2. The van der Waals surface area contributed by atoms with Crippen LogP contribution in [0.25, 0.3) is 0 Å². The largest absolute Gasteiger partial charge is 0.198 e. The summed E-state index contributed by atoms with van der Waals surface area (Å²) in [6.07, 6.45) is 13.3. The molecule has 0 aliphatic rings. The third kappa shape index (κ3) is 7.14. The van der Waals surface area contributed by atoms with Gasteiger partial charge in [0.15, 0.2) is 0 Å². The second-order valence-corrected chi connectivity index (χ2v) is 3.93. The highest BCUT2D eigenvalue weighted by molar-refractivity contribution is 5.15. The number of hydrogen-bond acceptors (Lipinski definition) is 1. The van der Waals surface area contributed by atoms with E-state index in [0.717, 1.165) is 25.7 Å². The number of aryl methyl sites for hydroxylation is 1. The van der Waals surface area contributed by atoms with Crippen LogP contribution >= 0.6 is 0 Å². The quantitative estimate of drug-likeness (QED) is 0.497. The van der Waals surface area contributed by atoms with Crippen LogP contribution in [0.5, 0.6) is 0 Å². The Hall–Kier alpha value is -1.81. The molecule has 0 heterocycles. The second-order valence-electron chi connectivity index (χ2n) is 3.93. The SMILES string of the molecule is N#CCCC/C=C\C=C\CCc1ccccc1. The molecular formula is C16H19N. The van der Waals surface area contributed by atoms with Gasteiger partial charge in [-0.25, -0.2) is 0 Å². The molecule has 0 radical (unpaired) electrons. The third-order valence-electron chi connectivity index (χ3n) is 2.49. The van der Waals surface area contributed by atoms with Crippen LogP contribution in [0.15, 0.2) is 54.6 Å². The number of benzene rings is 1. The molecule has 0 unspecified atom stereocenters. The number of allylic oxidation sites excluding steroid dienone is 4. The van der Waals surface area contributed by atoms with E-state index in [4.69, 9.17) is 5.26 Å². The molecule has 1 heteroatoms. The van der Waals surface area contributed by atoms with Crippen LogP contribution in [0.4, 0.5) is 0 Å². The van der Waals surface area contributed by atoms with Crippen LogP contribution in [0.1, 0.15) is 31.2 Å². The van der Waals surface area contributed by atoms with Crippen LogP contribution < -0.4 is 0 Å². The van der Waals surface area contributed by atoms with Crippen molar-refractivity contribution in [2.45, 2.75) is 32.1 Å². The predicted octanol–water partition coefficient (Wildman–Crippen LogP) is 4.43. The lowest BCUT2D eigenvalue weighted by Gasteiger charge is -1.95. The number of unbranched alkanes of at least 4 members (excludes halogenated alkanes) is 2. The molecule has 1 aromatic rings. The molecule has 1 aromatic carbocycles. The first-order chi connectivity index (χ1) is 8.43. The Balaban J connectivity index is 2.08. The lowest BCUT2D eigenvalue weighted by atomic mass is 10.1. The summed E-state index contributed by atoms with van der Waals surface area (Å²) in [6, 6.07) is 12.7. The van der Waals surface area contributed by atoms with Crippen molar-refractivity contribution in [2.75, 3.05) is 0 Å². The van der Waals surface area contributed by atoms with E-state index >= 15 is 0 Å². The van der Waals surface area contributed by atoms with Crippen molar-refractivity contribution < 1.29 is 0 Å². The summed E-state index contributed by atoms with van der Waals surface area (Å²) in [5, 5.41) is 8.36. The molecule has 0 spiro atoms. The number of nitriles is 1. The van der Waals surface area contributed by atoms with Gasteiger partial charge in [-0.3, -0.25) is 0 Å². The van der Waals surface area contributed by atoms with Crippen LogP contribution in [0, 0.1) is 11.3 Å². The zero-order chi connectivity index (χ0) is 12.2. The van der Waals surface area contributed by atoms with Gasteiger partial charge < -0.3 is 0 Å². The number of hydrogen-bond donors (Lipinski definition) is 0. The van der Waals surface area contributed by atoms with Crippen LogP contribution in [0.2, 0.25) is 0 Å². The topological polar surface area (TPSA) is 23.8 Å². The number of nitrogens with zero attached hydrogens (tertiary/aromatic N) is 1. The minimum absolute atomic E-state index is 0.655. The summed E-state index contributed by atoms with van der Waals surface area (Å²) < 4.78 is 0. The molecule has 0 saturated carbocycles. The summed E-state index contributed by atoms with van der Waals surface area (Å²) in [5.41, 5.74) is 1.38. The fourth-order valence-electron chi connectivity index (χ4n) is 1.54. The average molecular weight is 225 g/mol. The van der Waals surface area contributed by atoms with Gasteiger partial charge in [0.2, 0.25) is 0 Å². The van der Waals surface area contributed by atoms with Crippen molar-refractivity contribution in [3.8, 4) is 6.07 Å². The standard InChI is InChI=1S/C16H19N/c17-15-11-6-4-2-1-3-5-8-12-16-13-9-7-10-14-16/h1-3,5,7,9-10,13-14H,4,6,8,11-12H2/b2-1-,5-3+. The molecule has 0 aliphatic heterocycles. The Morgan fingerprint density at radius 1 is 1.00 bits per heavy atom. The summed E-state index contributed by atoms with van der Waals surface area (Å²) in [7, 11) is 0. The Kier molecular flexibility index (Phi) is 7.34. The van der Waals surface area contributed by atoms with Gasteiger partial charge in [-0.2, -0.15) is 5.26 Å². The maximum atomic E-state index is 8.36. The molecular weight excluding hydrogens is 206 g/mol. The Morgan fingerprint density at radius 3 is 2.41 bits per heavy atom. The Bertz CT molecular complexity index is 382.